The van der Waals surface area contributed by atoms with Crippen LogP contribution in [-0.4, -0.2) is 57.9 Å². The van der Waals surface area contributed by atoms with E-state index >= 15 is 0 Å². The Kier molecular flexibility index (Phi) is 6.53. The smallest absolute Gasteiger partial charge is 0.243 e. The SMILES string of the molecule is C=CC(=O)NC1CCN(c2nc(Nc3ccc(N(C)C(=O)CC)cc3)nc3[nH]cnc23)CC1. The van der Waals surface area contributed by atoms with Gasteiger partial charge in [-0.15, -0.1) is 0 Å². The number of amides is 2. The highest BCUT2D eigenvalue weighted by atomic mass is 16.2. The molecule has 0 bridgehead atoms. The Morgan fingerprint density at radius 3 is 2.64 bits per heavy atom. The molecule has 2 aromatic heterocycles. The minimum absolute atomic E-state index is 0.0567. The molecule has 1 saturated heterocycles. The first-order valence-electron chi connectivity index (χ1n) is 11.0. The first-order chi connectivity index (χ1) is 16.0. The van der Waals surface area contributed by atoms with Crippen molar-refractivity contribution in [2.45, 2.75) is 32.2 Å². The maximum absolute atomic E-state index is 11.9. The van der Waals surface area contributed by atoms with Crippen LogP contribution in [0.3, 0.4) is 0 Å². The molecule has 1 fully saturated rings. The molecule has 2 amide bonds. The number of piperidine rings is 1. The van der Waals surface area contributed by atoms with E-state index in [0.29, 0.717) is 23.5 Å². The minimum Gasteiger partial charge on any atom is -0.354 e. The summed E-state index contributed by atoms with van der Waals surface area (Å²) in [4.78, 5) is 44.1. The van der Waals surface area contributed by atoms with Gasteiger partial charge in [-0.1, -0.05) is 13.5 Å². The summed E-state index contributed by atoms with van der Waals surface area (Å²) >= 11 is 0. The average molecular weight is 449 g/mol. The van der Waals surface area contributed by atoms with Gasteiger partial charge in [0.05, 0.1) is 6.33 Å². The number of aromatic nitrogens is 4. The lowest BCUT2D eigenvalue weighted by atomic mass is 10.0. The molecule has 1 aliphatic heterocycles. The van der Waals surface area contributed by atoms with E-state index in [4.69, 9.17) is 4.98 Å². The van der Waals surface area contributed by atoms with Crippen LogP contribution in [0.15, 0.2) is 43.2 Å². The molecule has 0 radical (unpaired) electrons. The normalized spacial score (nSPS) is 14.2. The maximum atomic E-state index is 11.9. The predicted octanol–water partition coefficient (Wildman–Crippen LogP) is 2.74. The van der Waals surface area contributed by atoms with Gasteiger partial charge in [0.15, 0.2) is 17.0 Å². The molecule has 3 heterocycles. The highest BCUT2D eigenvalue weighted by molar-refractivity contribution is 5.92. The van der Waals surface area contributed by atoms with Crippen LogP contribution in [0.2, 0.25) is 0 Å². The molecule has 1 aliphatic rings. The number of carbonyl (C=O) groups excluding carboxylic acids is 2. The molecule has 0 saturated carbocycles. The zero-order valence-electron chi connectivity index (χ0n) is 18.8. The predicted molar refractivity (Wildman–Crippen MR) is 129 cm³/mol. The van der Waals surface area contributed by atoms with Crippen molar-refractivity contribution >= 4 is 46.1 Å². The highest BCUT2D eigenvalue weighted by Crippen LogP contribution is 2.27. The fourth-order valence-electron chi connectivity index (χ4n) is 3.87. The van der Waals surface area contributed by atoms with Crippen molar-refractivity contribution in [1.82, 2.24) is 25.3 Å². The number of anilines is 4. The molecule has 33 heavy (non-hydrogen) atoms. The molecule has 0 aliphatic carbocycles. The molecule has 10 nitrogen and oxygen atoms in total. The Balaban J connectivity index is 1.51. The van der Waals surface area contributed by atoms with E-state index < -0.39 is 0 Å². The van der Waals surface area contributed by atoms with E-state index in [0.717, 1.165) is 43.1 Å². The van der Waals surface area contributed by atoms with Crippen LogP contribution in [0, 0.1) is 0 Å². The molecule has 1 aromatic carbocycles. The van der Waals surface area contributed by atoms with E-state index in [9.17, 15) is 9.59 Å². The standard InChI is InChI=1S/C23H28N8O2/c1-4-18(32)26-16-10-12-31(13-11-16)22-20-21(25-14-24-20)28-23(29-22)27-15-6-8-17(9-7-15)30(3)19(33)5-2/h4,6-9,14,16H,1,5,10-13H2,2-3H3,(H,26,32)(H2,24,25,27,28,29). The number of hydrogen-bond acceptors (Lipinski definition) is 7. The summed E-state index contributed by atoms with van der Waals surface area (Å²) in [5.74, 6) is 1.12. The topological polar surface area (TPSA) is 119 Å². The fourth-order valence-corrected chi connectivity index (χ4v) is 3.87. The van der Waals surface area contributed by atoms with Gasteiger partial charge < -0.3 is 25.4 Å². The molecule has 3 N–H and O–H groups in total. The van der Waals surface area contributed by atoms with E-state index in [2.05, 4.69) is 37.1 Å². The number of nitrogens with one attached hydrogen (secondary N) is 3. The van der Waals surface area contributed by atoms with Crippen molar-refractivity contribution in [1.29, 1.82) is 0 Å². The van der Waals surface area contributed by atoms with Gasteiger partial charge in [-0.2, -0.15) is 9.97 Å². The second kappa shape index (κ2) is 9.68. The summed E-state index contributed by atoms with van der Waals surface area (Å²) < 4.78 is 0. The Labute approximate surface area is 192 Å². The number of carbonyl (C=O) groups is 2. The highest BCUT2D eigenvalue weighted by Gasteiger charge is 2.24. The van der Waals surface area contributed by atoms with Gasteiger partial charge in [0.25, 0.3) is 0 Å². The van der Waals surface area contributed by atoms with E-state index in [-0.39, 0.29) is 17.9 Å². The Bertz CT molecular complexity index is 1150. The lowest BCUT2D eigenvalue weighted by Gasteiger charge is -2.33. The summed E-state index contributed by atoms with van der Waals surface area (Å²) in [6.07, 6.45) is 4.98. The third kappa shape index (κ3) is 4.94. The zero-order chi connectivity index (χ0) is 23.4. The third-order valence-electron chi connectivity index (χ3n) is 5.77. The van der Waals surface area contributed by atoms with Gasteiger partial charge in [0.2, 0.25) is 17.8 Å². The van der Waals surface area contributed by atoms with Crippen molar-refractivity contribution in [3.05, 3.63) is 43.2 Å². The van der Waals surface area contributed by atoms with Gasteiger partial charge in [-0.05, 0) is 43.2 Å². The summed E-state index contributed by atoms with van der Waals surface area (Å²) in [6, 6.07) is 7.67. The minimum atomic E-state index is -0.145. The van der Waals surface area contributed by atoms with Crippen molar-refractivity contribution in [2.24, 2.45) is 0 Å². The van der Waals surface area contributed by atoms with Gasteiger partial charge in [-0.3, -0.25) is 9.59 Å². The zero-order valence-corrected chi connectivity index (χ0v) is 18.8. The average Bonchev–Trinajstić information content (AvgIpc) is 3.32. The van der Waals surface area contributed by atoms with E-state index in [1.54, 1.807) is 18.3 Å². The monoisotopic (exact) mass is 448 g/mol. The molecule has 0 unspecified atom stereocenters. The van der Waals surface area contributed by atoms with Crippen LogP contribution >= 0.6 is 0 Å². The van der Waals surface area contributed by atoms with Gasteiger partial charge in [-0.25, -0.2) is 4.98 Å². The van der Waals surface area contributed by atoms with Crippen LogP contribution in [0.25, 0.3) is 11.2 Å². The van der Waals surface area contributed by atoms with E-state index in [1.807, 2.05) is 31.2 Å². The van der Waals surface area contributed by atoms with Crippen molar-refractivity contribution < 1.29 is 9.59 Å². The molecular weight excluding hydrogens is 420 g/mol. The maximum Gasteiger partial charge on any atom is 0.243 e. The number of aromatic amines is 1. The Morgan fingerprint density at radius 1 is 1.24 bits per heavy atom. The van der Waals surface area contributed by atoms with E-state index in [1.165, 1.54) is 6.08 Å². The first kappa shape index (κ1) is 22.3. The number of imidazole rings is 1. The molecule has 10 heteroatoms. The number of benzene rings is 1. The van der Waals surface area contributed by atoms with Crippen molar-refractivity contribution in [3.8, 4) is 0 Å². The van der Waals surface area contributed by atoms with Crippen molar-refractivity contribution in [3.63, 3.8) is 0 Å². The van der Waals surface area contributed by atoms with Gasteiger partial charge in [0, 0.05) is 44.0 Å². The molecule has 3 aromatic rings. The summed E-state index contributed by atoms with van der Waals surface area (Å²) in [5.41, 5.74) is 3.00. The quantitative estimate of drug-likeness (QED) is 0.476. The summed E-state index contributed by atoms with van der Waals surface area (Å²) in [6.45, 7) is 6.84. The lowest BCUT2D eigenvalue weighted by Crippen LogP contribution is -2.44. The largest absolute Gasteiger partial charge is 0.354 e. The number of fused-ring (bicyclic) bond motifs is 1. The molecule has 0 spiro atoms. The third-order valence-corrected chi connectivity index (χ3v) is 5.77. The van der Waals surface area contributed by atoms with Crippen LogP contribution < -0.4 is 20.4 Å². The number of nitrogens with zero attached hydrogens (tertiary/aromatic N) is 5. The van der Waals surface area contributed by atoms with Crippen LogP contribution in [0.4, 0.5) is 23.1 Å². The number of hydrogen-bond donors (Lipinski definition) is 3. The van der Waals surface area contributed by atoms with Gasteiger partial charge in [0.1, 0.15) is 0 Å². The molecule has 0 atom stereocenters. The molecular formula is C23H28N8O2. The summed E-state index contributed by atoms with van der Waals surface area (Å²) in [5, 5.41) is 6.21. The lowest BCUT2D eigenvalue weighted by molar-refractivity contribution is -0.118. The second-order valence-electron chi connectivity index (χ2n) is 7.92. The van der Waals surface area contributed by atoms with Crippen molar-refractivity contribution in [2.75, 3.05) is 35.3 Å². The van der Waals surface area contributed by atoms with Crippen LogP contribution in [0.5, 0.6) is 0 Å². The molecule has 172 valence electrons. The van der Waals surface area contributed by atoms with Crippen LogP contribution in [-0.2, 0) is 9.59 Å². The first-order valence-corrected chi connectivity index (χ1v) is 11.0. The Hall–Kier alpha value is -3.95. The molecule has 4 rings (SSSR count). The Morgan fingerprint density at radius 2 is 1.97 bits per heavy atom. The number of H-pyrrole nitrogens is 1. The number of rotatable bonds is 7. The fraction of sp³-hybridized carbons (Fsp3) is 0.348. The second-order valence-corrected chi connectivity index (χ2v) is 7.92. The van der Waals surface area contributed by atoms with Crippen LogP contribution in [0.1, 0.15) is 26.2 Å². The van der Waals surface area contributed by atoms with Gasteiger partial charge >= 0.3 is 0 Å². The summed E-state index contributed by atoms with van der Waals surface area (Å²) in [7, 11) is 1.77.